The molecule has 0 bridgehead atoms. The number of aromatic nitrogens is 1. The molecule has 6 heteroatoms. The predicted molar refractivity (Wildman–Crippen MR) is 107 cm³/mol. The molecule has 0 saturated heterocycles. The first-order valence-electron chi connectivity index (χ1n) is 8.84. The van der Waals surface area contributed by atoms with E-state index in [1.165, 1.54) is 6.08 Å². The van der Waals surface area contributed by atoms with Gasteiger partial charge < -0.3 is 14.6 Å². The van der Waals surface area contributed by atoms with Crippen molar-refractivity contribution in [1.29, 1.82) is 5.26 Å². The van der Waals surface area contributed by atoms with Crippen molar-refractivity contribution in [1.82, 2.24) is 4.57 Å². The summed E-state index contributed by atoms with van der Waals surface area (Å²) in [6, 6.07) is 18.4. The summed E-state index contributed by atoms with van der Waals surface area (Å²) < 4.78 is 6.77. The van der Waals surface area contributed by atoms with Crippen molar-refractivity contribution < 1.29 is 14.3 Å². The highest BCUT2D eigenvalue weighted by Crippen LogP contribution is 2.24. The molecule has 1 heterocycles. The number of nitriles is 1. The molecule has 2 aromatic carbocycles. The highest BCUT2D eigenvalue weighted by Gasteiger charge is 2.14. The smallest absolute Gasteiger partial charge is 0.325 e. The van der Waals surface area contributed by atoms with Crippen LogP contribution in [0.2, 0.25) is 0 Å². The zero-order chi connectivity index (χ0) is 19.9. The summed E-state index contributed by atoms with van der Waals surface area (Å²) in [4.78, 5) is 24.4. The number of amides is 1. The highest BCUT2D eigenvalue weighted by molar-refractivity contribution is 6.10. The van der Waals surface area contributed by atoms with Crippen LogP contribution < -0.4 is 5.32 Å². The molecule has 1 N–H and O–H groups in total. The van der Waals surface area contributed by atoms with Gasteiger partial charge in [-0.05, 0) is 31.2 Å². The van der Waals surface area contributed by atoms with Gasteiger partial charge in [0.05, 0.1) is 6.61 Å². The van der Waals surface area contributed by atoms with Crippen molar-refractivity contribution >= 4 is 34.5 Å². The molecule has 0 aliphatic carbocycles. The second kappa shape index (κ2) is 8.69. The topological polar surface area (TPSA) is 84.1 Å². The Kier molecular flexibility index (Phi) is 5.87. The molecule has 0 atom stereocenters. The number of hydrogen-bond acceptors (Lipinski definition) is 4. The molecule has 1 aromatic heterocycles. The Bertz CT molecular complexity index is 1080. The fourth-order valence-corrected chi connectivity index (χ4v) is 2.89. The lowest BCUT2D eigenvalue weighted by Crippen LogP contribution is -2.13. The maximum atomic E-state index is 12.5. The van der Waals surface area contributed by atoms with E-state index in [1.807, 2.05) is 36.4 Å². The molecule has 3 rings (SSSR count). The van der Waals surface area contributed by atoms with Crippen LogP contribution in [0.15, 0.2) is 66.4 Å². The number of nitrogens with one attached hydrogen (secondary N) is 1. The van der Waals surface area contributed by atoms with E-state index in [-0.39, 0.29) is 18.1 Å². The summed E-state index contributed by atoms with van der Waals surface area (Å²) in [6.45, 7) is 2.12. The van der Waals surface area contributed by atoms with E-state index < -0.39 is 5.91 Å². The van der Waals surface area contributed by atoms with Gasteiger partial charge >= 0.3 is 5.97 Å². The van der Waals surface area contributed by atoms with Crippen LogP contribution in [0.25, 0.3) is 17.0 Å². The second-order valence-corrected chi connectivity index (χ2v) is 6.02. The number of nitrogens with zero attached hydrogens (tertiary/aromatic N) is 2. The number of ether oxygens (including phenoxy) is 1. The van der Waals surface area contributed by atoms with Gasteiger partial charge in [0.1, 0.15) is 18.2 Å². The van der Waals surface area contributed by atoms with Crippen molar-refractivity contribution in [2.24, 2.45) is 0 Å². The van der Waals surface area contributed by atoms with Gasteiger partial charge in [0.25, 0.3) is 5.91 Å². The minimum Gasteiger partial charge on any atom is -0.465 e. The van der Waals surface area contributed by atoms with Crippen molar-refractivity contribution in [2.75, 3.05) is 11.9 Å². The maximum Gasteiger partial charge on any atom is 0.325 e. The fourth-order valence-electron chi connectivity index (χ4n) is 2.89. The number of rotatable bonds is 6. The van der Waals surface area contributed by atoms with Crippen LogP contribution in [0.1, 0.15) is 12.5 Å². The van der Waals surface area contributed by atoms with Crippen LogP contribution in [0, 0.1) is 11.3 Å². The van der Waals surface area contributed by atoms with Gasteiger partial charge in [-0.1, -0.05) is 36.4 Å². The third-order valence-corrected chi connectivity index (χ3v) is 4.12. The minimum absolute atomic E-state index is 0.0251. The molecule has 140 valence electrons. The second-order valence-electron chi connectivity index (χ2n) is 6.02. The molecule has 0 fully saturated rings. The molecule has 0 radical (unpaired) electrons. The van der Waals surface area contributed by atoms with E-state index in [9.17, 15) is 14.9 Å². The average Bonchev–Trinajstić information content (AvgIpc) is 3.04. The van der Waals surface area contributed by atoms with Crippen LogP contribution in [0.4, 0.5) is 5.69 Å². The molecule has 0 saturated carbocycles. The zero-order valence-corrected chi connectivity index (χ0v) is 15.4. The highest BCUT2D eigenvalue weighted by atomic mass is 16.5. The number of anilines is 1. The first kappa shape index (κ1) is 18.9. The Labute approximate surface area is 162 Å². The number of para-hydroxylation sites is 2. The number of carbonyl (C=O) groups is 2. The van der Waals surface area contributed by atoms with Crippen LogP contribution >= 0.6 is 0 Å². The summed E-state index contributed by atoms with van der Waals surface area (Å²) in [5.74, 6) is -0.836. The molecule has 0 unspecified atom stereocenters. The van der Waals surface area contributed by atoms with E-state index >= 15 is 0 Å². The monoisotopic (exact) mass is 373 g/mol. The molecule has 0 aliphatic rings. The average molecular weight is 373 g/mol. The van der Waals surface area contributed by atoms with E-state index in [2.05, 4.69) is 5.32 Å². The quantitative estimate of drug-likeness (QED) is 0.405. The molecule has 0 spiro atoms. The first-order valence-corrected chi connectivity index (χ1v) is 8.84. The van der Waals surface area contributed by atoms with Gasteiger partial charge in [0.15, 0.2) is 0 Å². The lowest BCUT2D eigenvalue weighted by atomic mass is 10.1. The molecule has 6 nitrogen and oxygen atoms in total. The molecule has 0 aliphatic heterocycles. The van der Waals surface area contributed by atoms with Crippen molar-refractivity contribution in [3.8, 4) is 6.07 Å². The lowest BCUT2D eigenvalue weighted by Gasteiger charge is -2.04. The summed E-state index contributed by atoms with van der Waals surface area (Å²) in [6.07, 6.45) is 3.27. The summed E-state index contributed by atoms with van der Waals surface area (Å²) >= 11 is 0. The molecule has 1 amide bonds. The van der Waals surface area contributed by atoms with Crippen LogP contribution in [-0.2, 0) is 20.9 Å². The van der Waals surface area contributed by atoms with Crippen molar-refractivity contribution in [3.63, 3.8) is 0 Å². The molecular weight excluding hydrogens is 354 g/mol. The SMILES string of the molecule is CCOC(=O)Cn1cc(/C=C(/C#N)C(=O)Nc2ccccc2)c2ccccc21. The zero-order valence-electron chi connectivity index (χ0n) is 15.4. The largest absolute Gasteiger partial charge is 0.465 e. The number of fused-ring (bicyclic) bond motifs is 1. The van der Waals surface area contributed by atoms with Gasteiger partial charge in [-0.2, -0.15) is 5.26 Å². The van der Waals surface area contributed by atoms with Crippen molar-refractivity contribution in [3.05, 3.63) is 71.9 Å². The Hall–Kier alpha value is -3.85. The normalized spacial score (nSPS) is 11.1. The summed E-state index contributed by atoms with van der Waals surface area (Å²) in [7, 11) is 0. The Morgan fingerprint density at radius 1 is 1.14 bits per heavy atom. The van der Waals surface area contributed by atoms with Gasteiger partial charge in [-0.15, -0.1) is 0 Å². The number of hydrogen-bond donors (Lipinski definition) is 1. The minimum atomic E-state index is -0.490. The summed E-state index contributed by atoms with van der Waals surface area (Å²) in [5, 5.41) is 13.0. The molecule has 3 aromatic rings. The van der Waals surface area contributed by atoms with Crippen LogP contribution in [0.5, 0.6) is 0 Å². The maximum absolute atomic E-state index is 12.5. The standard InChI is InChI=1S/C22H19N3O3/c1-2-28-21(26)15-25-14-17(19-10-6-7-11-20(19)25)12-16(13-23)22(27)24-18-8-4-3-5-9-18/h3-12,14H,2,15H2,1H3,(H,24,27)/b16-12-. The number of carbonyl (C=O) groups excluding carboxylic acids is 2. The van der Waals surface area contributed by atoms with Gasteiger partial charge in [0.2, 0.25) is 0 Å². The summed E-state index contributed by atoms with van der Waals surface area (Å²) in [5.41, 5.74) is 2.09. The van der Waals surface area contributed by atoms with E-state index in [0.717, 1.165) is 10.9 Å². The van der Waals surface area contributed by atoms with Crippen molar-refractivity contribution in [2.45, 2.75) is 13.5 Å². The van der Waals surface area contributed by atoms with E-state index in [0.29, 0.717) is 17.9 Å². The first-order chi connectivity index (χ1) is 13.6. The van der Waals surface area contributed by atoms with Gasteiger partial charge in [-0.3, -0.25) is 9.59 Å². The Morgan fingerprint density at radius 3 is 2.57 bits per heavy atom. The fraction of sp³-hybridized carbons (Fsp3) is 0.136. The number of benzene rings is 2. The lowest BCUT2D eigenvalue weighted by molar-refractivity contribution is -0.143. The predicted octanol–water partition coefficient (Wildman–Crippen LogP) is 3.75. The van der Waals surface area contributed by atoms with Crippen LogP contribution in [0.3, 0.4) is 0 Å². The van der Waals surface area contributed by atoms with E-state index in [4.69, 9.17) is 4.74 Å². The molecular formula is C22H19N3O3. The van der Waals surface area contributed by atoms with Gasteiger partial charge in [0, 0.05) is 28.4 Å². The van der Waals surface area contributed by atoms with Gasteiger partial charge in [-0.25, -0.2) is 0 Å². The van der Waals surface area contributed by atoms with E-state index in [1.54, 1.807) is 42.0 Å². The number of esters is 1. The Morgan fingerprint density at radius 2 is 1.86 bits per heavy atom. The third-order valence-electron chi connectivity index (χ3n) is 4.12. The van der Waals surface area contributed by atoms with Crippen LogP contribution in [-0.4, -0.2) is 23.1 Å². The Balaban J connectivity index is 1.94. The molecule has 28 heavy (non-hydrogen) atoms. The third kappa shape index (κ3) is 4.27.